The molecule has 0 saturated heterocycles. The van der Waals surface area contributed by atoms with Crippen molar-refractivity contribution < 1.29 is 18.7 Å². The van der Waals surface area contributed by atoms with Crippen molar-refractivity contribution in [1.82, 2.24) is 4.90 Å². The third-order valence-corrected chi connectivity index (χ3v) is 3.84. The number of benzene rings is 1. The van der Waals surface area contributed by atoms with E-state index in [2.05, 4.69) is 0 Å². The second-order valence-electron chi connectivity index (χ2n) is 5.19. The van der Waals surface area contributed by atoms with Gasteiger partial charge in [-0.05, 0) is 25.0 Å². The Balaban J connectivity index is 2.22. The fourth-order valence-electron chi connectivity index (χ4n) is 2.61. The first-order chi connectivity index (χ1) is 9.41. The Morgan fingerprint density at radius 1 is 1.30 bits per heavy atom. The van der Waals surface area contributed by atoms with Crippen molar-refractivity contribution in [3.63, 3.8) is 0 Å². The maximum atomic E-state index is 13.4. The quantitative estimate of drug-likeness (QED) is 0.815. The number of anilines is 1. The highest BCUT2D eigenvalue weighted by molar-refractivity contribution is 5.94. The number of hydrogen-bond donors (Lipinski definition) is 2. The van der Waals surface area contributed by atoms with E-state index in [9.17, 15) is 18.7 Å². The number of nitrogen functional groups attached to an aromatic ring is 1. The van der Waals surface area contributed by atoms with Gasteiger partial charge in [-0.15, -0.1) is 0 Å². The summed E-state index contributed by atoms with van der Waals surface area (Å²) in [6, 6.07) is 1.53. The van der Waals surface area contributed by atoms with Crippen LogP contribution in [0.15, 0.2) is 12.1 Å². The van der Waals surface area contributed by atoms with Gasteiger partial charge in [0.05, 0.1) is 12.1 Å². The monoisotopic (exact) mass is 284 g/mol. The molecule has 3 N–H and O–H groups in total. The average Bonchev–Trinajstić information content (AvgIpc) is 2.43. The van der Waals surface area contributed by atoms with E-state index in [0.717, 1.165) is 25.0 Å². The molecule has 20 heavy (non-hydrogen) atoms. The number of carbonyl (C=O) groups is 1. The van der Waals surface area contributed by atoms with Crippen LogP contribution in [0.2, 0.25) is 0 Å². The van der Waals surface area contributed by atoms with E-state index >= 15 is 0 Å². The largest absolute Gasteiger partial charge is 0.394 e. The lowest BCUT2D eigenvalue weighted by atomic mass is 9.91. The zero-order valence-corrected chi connectivity index (χ0v) is 11.3. The van der Waals surface area contributed by atoms with Crippen LogP contribution in [-0.4, -0.2) is 35.1 Å². The number of likely N-dealkylation sites (N-methyl/N-ethyl adjacent to an activating group) is 1. The molecule has 6 heteroatoms. The summed E-state index contributed by atoms with van der Waals surface area (Å²) in [5, 5.41) is 9.93. The highest BCUT2D eigenvalue weighted by Gasteiger charge is 2.30. The molecular formula is C14H18F2N2O2. The fraction of sp³-hybridized carbons (Fsp3) is 0.500. The maximum absolute atomic E-state index is 13.4. The standard InChI is InChI=1S/C14H18F2N2O2/c1-18(11-4-2-3-5-12(11)19)14(20)8-6-9(15)13(17)10(16)7-8/h6-7,11-12,19H,2-5,17H2,1H3. The number of aliphatic hydroxyl groups is 1. The SMILES string of the molecule is CN(C(=O)c1cc(F)c(N)c(F)c1)C1CCCCC1O. The normalized spacial score (nSPS) is 22.6. The van der Waals surface area contributed by atoms with Crippen LogP contribution >= 0.6 is 0 Å². The summed E-state index contributed by atoms with van der Waals surface area (Å²) >= 11 is 0. The van der Waals surface area contributed by atoms with Crippen molar-refractivity contribution in [3.05, 3.63) is 29.3 Å². The molecule has 1 amide bonds. The zero-order chi connectivity index (χ0) is 14.9. The molecule has 1 aromatic carbocycles. The Kier molecular flexibility index (Phi) is 4.23. The molecule has 1 aliphatic rings. The van der Waals surface area contributed by atoms with Gasteiger partial charge in [-0.1, -0.05) is 12.8 Å². The van der Waals surface area contributed by atoms with Crippen LogP contribution < -0.4 is 5.73 Å². The van der Waals surface area contributed by atoms with Crippen LogP contribution in [0.25, 0.3) is 0 Å². The first-order valence-electron chi connectivity index (χ1n) is 6.61. The van der Waals surface area contributed by atoms with Crippen molar-refractivity contribution in [3.8, 4) is 0 Å². The Hall–Kier alpha value is -1.69. The van der Waals surface area contributed by atoms with Crippen molar-refractivity contribution in [2.45, 2.75) is 37.8 Å². The molecule has 2 atom stereocenters. The average molecular weight is 284 g/mol. The lowest BCUT2D eigenvalue weighted by Gasteiger charge is -2.35. The minimum absolute atomic E-state index is 0.102. The number of halogens is 2. The van der Waals surface area contributed by atoms with Gasteiger partial charge in [0.15, 0.2) is 0 Å². The molecule has 4 nitrogen and oxygen atoms in total. The molecule has 0 bridgehead atoms. The van der Waals surface area contributed by atoms with E-state index < -0.39 is 29.3 Å². The van der Waals surface area contributed by atoms with Crippen LogP contribution in [0.1, 0.15) is 36.0 Å². The summed E-state index contributed by atoms with van der Waals surface area (Å²) in [6.45, 7) is 0. The van der Waals surface area contributed by atoms with E-state index in [1.807, 2.05) is 0 Å². The van der Waals surface area contributed by atoms with E-state index in [-0.39, 0.29) is 11.6 Å². The highest BCUT2D eigenvalue weighted by Crippen LogP contribution is 2.25. The van der Waals surface area contributed by atoms with Gasteiger partial charge < -0.3 is 15.7 Å². The second kappa shape index (κ2) is 5.75. The number of rotatable bonds is 2. The lowest BCUT2D eigenvalue weighted by molar-refractivity contribution is 0.0267. The highest BCUT2D eigenvalue weighted by atomic mass is 19.1. The molecule has 0 spiro atoms. The molecule has 110 valence electrons. The summed E-state index contributed by atoms with van der Waals surface area (Å²) in [4.78, 5) is 13.6. The molecule has 1 saturated carbocycles. The number of carbonyl (C=O) groups excluding carboxylic acids is 1. The van der Waals surface area contributed by atoms with Crippen molar-refractivity contribution >= 4 is 11.6 Å². The Bertz CT molecular complexity index is 499. The molecule has 1 fully saturated rings. The molecular weight excluding hydrogens is 266 g/mol. The van der Waals surface area contributed by atoms with E-state index in [0.29, 0.717) is 12.8 Å². The molecule has 0 heterocycles. The second-order valence-corrected chi connectivity index (χ2v) is 5.19. The van der Waals surface area contributed by atoms with Crippen LogP contribution in [0.4, 0.5) is 14.5 Å². The van der Waals surface area contributed by atoms with E-state index in [1.54, 1.807) is 0 Å². The van der Waals surface area contributed by atoms with Crippen molar-refractivity contribution in [2.24, 2.45) is 0 Å². The molecule has 2 unspecified atom stereocenters. The van der Waals surface area contributed by atoms with Gasteiger partial charge in [-0.25, -0.2) is 8.78 Å². The topological polar surface area (TPSA) is 66.6 Å². The molecule has 1 aliphatic carbocycles. The van der Waals surface area contributed by atoms with Crippen molar-refractivity contribution in [2.75, 3.05) is 12.8 Å². The van der Waals surface area contributed by atoms with Crippen LogP contribution in [0.5, 0.6) is 0 Å². The summed E-state index contributed by atoms with van der Waals surface area (Å²) in [5.74, 6) is -2.43. The van der Waals surface area contributed by atoms with E-state index in [4.69, 9.17) is 5.73 Å². The first-order valence-corrected chi connectivity index (χ1v) is 6.61. The van der Waals surface area contributed by atoms with E-state index in [1.165, 1.54) is 11.9 Å². The van der Waals surface area contributed by atoms with Gasteiger partial charge in [0.25, 0.3) is 5.91 Å². The minimum atomic E-state index is -0.953. The van der Waals surface area contributed by atoms with Crippen LogP contribution in [-0.2, 0) is 0 Å². The van der Waals surface area contributed by atoms with Gasteiger partial charge in [-0.2, -0.15) is 0 Å². The van der Waals surface area contributed by atoms with Gasteiger partial charge in [0.2, 0.25) is 0 Å². The number of amides is 1. The fourth-order valence-corrected chi connectivity index (χ4v) is 2.61. The van der Waals surface area contributed by atoms with Gasteiger partial charge in [-0.3, -0.25) is 4.79 Å². The summed E-state index contributed by atoms with van der Waals surface area (Å²) in [7, 11) is 1.54. The van der Waals surface area contributed by atoms with Gasteiger partial charge in [0.1, 0.15) is 17.3 Å². The molecule has 0 radical (unpaired) electrons. The number of hydrogen-bond acceptors (Lipinski definition) is 3. The first kappa shape index (κ1) is 14.7. The van der Waals surface area contributed by atoms with Gasteiger partial charge in [0, 0.05) is 12.6 Å². The molecule has 2 rings (SSSR count). The van der Waals surface area contributed by atoms with Crippen molar-refractivity contribution in [1.29, 1.82) is 0 Å². The Morgan fingerprint density at radius 2 is 1.85 bits per heavy atom. The summed E-state index contributed by atoms with van der Waals surface area (Å²) < 4.78 is 26.8. The predicted octanol–water partition coefficient (Wildman–Crippen LogP) is 1.92. The minimum Gasteiger partial charge on any atom is -0.394 e. The Morgan fingerprint density at radius 3 is 2.40 bits per heavy atom. The zero-order valence-electron chi connectivity index (χ0n) is 11.3. The third-order valence-electron chi connectivity index (χ3n) is 3.84. The smallest absolute Gasteiger partial charge is 0.254 e. The number of nitrogens with zero attached hydrogens (tertiary/aromatic N) is 1. The van der Waals surface area contributed by atoms with Crippen LogP contribution in [0, 0.1) is 11.6 Å². The Labute approximate surface area is 116 Å². The lowest BCUT2D eigenvalue weighted by Crippen LogP contribution is -2.46. The number of aliphatic hydroxyl groups excluding tert-OH is 1. The molecule has 0 aromatic heterocycles. The summed E-state index contributed by atoms with van der Waals surface area (Å²) in [5.41, 5.74) is 4.48. The van der Waals surface area contributed by atoms with Crippen LogP contribution in [0.3, 0.4) is 0 Å². The molecule has 0 aliphatic heterocycles. The predicted molar refractivity (Wildman–Crippen MR) is 71.1 cm³/mol. The molecule has 1 aromatic rings. The maximum Gasteiger partial charge on any atom is 0.254 e. The third kappa shape index (κ3) is 2.75. The van der Waals surface area contributed by atoms with Gasteiger partial charge >= 0.3 is 0 Å². The number of nitrogens with two attached hydrogens (primary N) is 1. The summed E-state index contributed by atoms with van der Waals surface area (Å²) in [6.07, 6.45) is 2.56.